The van der Waals surface area contributed by atoms with E-state index >= 15 is 0 Å². The fraction of sp³-hybridized carbons (Fsp3) is 0.333. The van der Waals surface area contributed by atoms with Crippen LogP contribution in [0.1, 0.15) is 24.6 Å². The smallest absolute Gasteiger partial charge is 0.109 e. The van der Waals surface area contributed by atoms with Crippen molar-refractivity contribution < 1.29 is 0 Å². The van der Waals surface area contributed by atoms with E-state index in [0.29, 0.717) is 6.17 Å². The van der Waals surface area contributed by atoms with Crippen molar-refractivity contribution in [1.82, 2.24) is 4.90 Å². The molecule has 1 saturated carbocycles. The molecule has 2 nitrogen and oxygen atoms in total. The molecule has 0 N–H and O–H groups in total. The molecule has 2 fully saturated rings. The molecule has 0 spiro atoms. The van der Waals surface area contributed by atoms with Gasteiger partial charge in [-0.3, -0.25) is 4.90 Å². The summed E-state index contributed by atoms with van der Waals surface area (Å²) in [6, 6.07) is 18.7. The zero-order chi connectivity index (χ0) is 13.1. The Balaban J connectivity index is 0.00000115. The molecule has 1 aliphatic carbocycles. The van der Waals surface area contributed by atoms with Crippen molar-refractivity contribution in [2.75, 3.05) is 18.0 Å². The van der Waals surface area contributed by atoms with Crippen LogP contribution in [-0.2, 0) is 0 Å². The first kappa shape index (κ1) is 13.4. The standard InChI is InChI=1S/C18H18N2.BrH/c1-2-7-16-14(5-1)15-6-3-4-8-17(15)20-12-11-19(18(16)20)13-9-10-13;/h1-8,13,18H,9-12H2;1H. The van der Waals surface area contributed by atoms with Crippen LogP contribution in [0.5, 0.6) is 0 Å². The number of para-hydroxylation sites is 1. The number of hydrogen-bond donors (Lipinski definition) is 0. The maximum absolute atomic E-state index is 2.72. The SMILES string of the molecule is Br.c1ccc2c(c1)-c1ccccc1N1CCN(C3CC3)C21. The third-order valence-electron chi connectivity index (χ3n) is 4.97. The number of halogens is 1. The molecule has 2 heterocycles. The number of fused-ring (bicyclic) bond motifs is 6. The van der Waals surface area contributed by atoms with Crippen molar-refractivity contribution in [2.45, 2.75) is 25.0 Å². The lowest BCUT2D eigenvalue weighted by molar-refractivity contribution is 0.247. The molecule has 5 rings (SSSR count). The summed E-state index contributed by atoms with van der Waals surface area (Å²) >= 11 is 0. The molecular formula is C18H19BrN2. The Morgan fingerprint density at radius 1 is 0.810 bits per heavy atom. The van der Waals surface area contributed by atoms with Gasteiger partial charge in [0.1, 0.15) is 6.17 Å². The Labute approximate surface area is 136 Å². The van der Waals surface area contributed by atoms with Crippen molar-refractivity contribution >= 4 is 22.7 Å². The number of rotatable bonds is 1. The topological polar surface area (TPSA) is 6.48 Å². The summed E-state index contributed by atoms with van der Waals surface area (Å²) in [5, 5.41) is 0. The third kappa shape index (κ3) is 1.87. The van der Waals surface area contributed by atoms with Crippen LogP contribution in [0.25, 0.3) is 11.1 Å². The fourth-order valence-electron chi connectivity index (χ4n) is 3.95. The number of nitrogens with zero attached hydrogens (tertiary/aromatic N) is 2. The minimum absolute atomic E-state index is 0. The van der Waals surface area contributed by atoms with Gasteiger partial charge >= 0.3 is 0 Å². The molecule has 0 bridgehead atoms. The van der Waals surface area contributed by atoms with Crippen molar-refractivity contribution in [3.05, 3.63) is 54.1 Å². The molecule has 2 aromatic rings. The first-order chi connectivity index (χ1) is 9.93. The van der Waals surface area contributed by atoms with Crippen molar-refractivity contribution in [1.29, 1.82) is 0 Å². The van der Waals surface area contributed by atoms with Gasteiger partial charge in [-0.15, -0.1) is 17.0 Å². The van der Waals surface area contributed by atoms with E-state index in [1.165, 1.54) is 41.8 Å². The van der Waals surface area contributed by atoms with E-state index in [0.717, 1.165) is 12.6 Å². The lowest BCUT2D eigenvalue weighted by atomic mass is 9.91. The van der Waals surface area contributed by atoms with Gasteiger partial charge in [-0.05, 0) is 30.0 Å². The lowest BCUT2D eigenvalue weighted by Crippen LogP contribution is -2.34. The van der Waals surface area contributed by atoms with Crippen LogP contribution in [0.2, 0.25) is 0 Å². The number of benzene rings is 2. The van der Waals surface area contributed by atoms with Gasteiger partial charge in [0, 0.05) is 30.4 Å². The van der Waals surface area contributed by atoms with Gasteiger partial charge in [0.15, 0.2) is 0 Å². The molecule has 21 heavy (non-hydrogen) atoms. The maximum Gasteiger partial charge on any atom is 0.109 e. The molecule has 1 unspecified atom stereocenters. The van der Waals surface area contributed by atoms with Crippen LogP contribution >= 0.6 is 17.0 Å². The van der Waals surface area contributed by atoms with E-state index in [1.807, 2.05) is 0 Å². The summed E-state index contributed by atoms with van der Waals surface area (Å²) in [6.45, 7) is 2.37. The highest BCUT2D eigenvalue weighted by Gasteiger charge is 2.44. The van der Waals surface area contributed by atoms with Crippen molar-refractivity contribution in [3.63, 3.8) is 0 Å². The van der Waals surface area contributed by atoms with E-state index in [4.69, 9.17) is 0 Å². The second-order valence-electron chi connectivity index (χ2n) is 6.14. The second-order valence-corrected chi connectivity index (χ2v) is 6.14. The molecule has 108 valence electrons. The summed E-state index contributed by atoms with van der Waals surface area (Å²) in [4.78, 5) is 5.32. The van der Waals surface area contributed by atoms with Crippen LogP contribution in [0.15, 0.2) is 48.5 Å². The normalized spacial score (nSPS) is 23.0. The summed E-state index contributed by atoms with van der Waals surface area (Å²) in [7, 11) is 0. The average molecular weight is 343 g/mol. The molecular weight excluding hydrogens is 324 g/mol. The molecule has 1 saturated heterocycles. The Hall–Kier alpha value is -1.32. The fourth-order valence-corrected chi connectivity index (χ4v) is 3.95. The Bertz CT molecular complexity index is 680. The highest BCUT2D eigenvalue weighted by molar-refractivity contribution is 8.93. The summed E-state index contributed by atoms with van der Waals surface area (Å²) in [5.74, 6) is 0. The van der Waals surface area contributed by atoms with E-state index in [-0.39, 0.29) is 17.0 Å². The van der Waals surface area contributed by atoms with Crippen molar-refractivity contribution in [2.24, 2.45) is 0 Å². The molecule has 1 atom stereocenters. The van der Waals surface area contributed by atoms with Gasteiger partial charge in [-0.2, -0.15) is 0 Å². The molecule has 0 aromatic heterocycles. The molecule has 3 aliphatic rings. The predicted octanol–water partition coefficient (Wildman–Crippen LogP) is 4.23. The maximum atomic E-state index is 2.72. The van der Waals surface area contributed by atoms with Gasteiger partial charge in [0.05, 0.1) is 0 Å². The van der Waals surface area contributed by atoms with Gasteiger partial charge < -0.3 is 4.90 Å². The molecule has 2 aromatic carbocycles. The minimum Gasteiger partial charge on any atom is -0.350 e. The number of hydrogen-bond acceptors (Lipinski definition) is 2. The van der Waals surface area contributed by atoms with Crippen LogP contribution in [0, 0.1) is 0 Å². The molecule has 0 amide bonds. The summed E-state index contributed by atoms with van der Waals surface area (Å²) < 4.78 is 0. The lowest BCUT2D eigenvalue weighted by Gasteiger charge is -2.38. The first-order valence-electron chi connectivity index (χ1n) is 7.64. The van der Waals surface area contributed by atoms with E-state index in [1.54, 1.807) is 0 Å². The highest BCUT2D eigenvalue weighted by Crippen LogP contribution is 2.50. The van der Waals surface area contributed by atoms with Crippen LogP contribution in [0.4, 0.5) is 5.69 Å². The van der Waals surface area contributed by atoms with Crippen LogP contribution < -0.4 is 4.90 Å². The summed E-state index contributed by atoms with van der Waals surface area (Å²) in [5.41, 5.74) is 5.74. The second kappa shape index (κ2) is 4.85. The zero-order valence-electron chi connectivity index (χ0n) is 11.9. The molecule has 2 aliphatic heterocycles. The van der Waals surface area contributed by atoms with E-state index < -0.39 is 0 Å². The monoisotopic (exact) mass is 342 g/mol. The number of anilines is 1. The van der Waals surface area contributed by atoms with E-state index in [2.05, 4.69) is 58.3 Å². The summed E-state index contributed by atoms with van der Waals surface area (Å²) in [6.07, 6.45) is 3.23. The Morgan fingerprint density at radius 3 is 2.33 bits per heavy atom. The van der Waals surface area contributed by atoms with Gasteiger partial charge in [0.2, 0.25) is 0 Å². The molecule has 0 radical (unpaired) electrons. The average Bonchev–Trinajstić information content (AvgIpc) is 3.26. The Kier molecular flexibility index (Phi) is 3.09. The Morgan fingerprint density at radius 2 is 1.52 bits per heavy atom. The van der Waals surface area contributed by atoms with Gasteiger partial charge in [0.25, 0.3) is 0 Å². The minimum atomic E-state index is 0. The molecule has 3 heteroatoms. The third-order valence-corrected chi connectivity index (χ3v) is 4.97. The van der Waals surface area contributed by atoms with E-state index in [9.17, 15) is 0 Å². The van der Waals surface area contributed by atoms with Crippen LogP contribution in [0.3, 0.4) is 0 Å². The highest BCUT2D eigenvalue weighted by atomic mass is 79.9. The quantitative estimate of drug-likeness (QED) is 0.765. The predicted molar refractivity (Wildman–Crippen MR) is 92.0 cm³/mol. The first-order valence-corrected chi connectivity index (χ1v) is 7.64. The van der Waals surface area contributed by atoms with Crippen LogP contribution in [-0.4, -0.2) is 24.0 Å². The van der Waals surface area contributed by atoms with Gasteiger partial charge in [-0.1, -0.05) is 42.5 Å². The zero-order valence-corrected chi connectivity index (χ0v) is 13.6. The van der Waals surface area contributed by atoms with Gasteiger partial charge in [-0.25, -0.2) is 0 Å². The largest absolute Gasteiger partial charge is 0.350 e. The van der Waals surface area contributed by atoms with Crippen molar-refractivity contribution in [3.8, 4) is 11.1 Å².